The molecule has 2 nitrogen and oxygen atoms in total. The first-order chi connectivity index (χ1) is 5.34. The smallest absolute Gasteiger partial charge is 0.293 e. The Labute approximate surface area is 67.9 Å². The maximum Gasteiger partial charge on any atom is 0.293 e. The fourth-order valence-electron chi connectivity index (χ4n) is 1.80. The quantitative estimate of drug-likeness (QED) is 0.584. The number of carbonyl (C=O) groups is 1. The molecule has 0 aromatic rings. The van der Waals surface area contributed by atoms with Gasteiger partial charge in [0.25, 0.3) is 6.47 Å². The first-order valence-corrected chi connectivity index (χ1v) is 4.40. The third kappa shape index (κ3) is 2.52. The SMILES string of the molecule is CC1CCCCC1COC=O. The lowest BCUT2D eigenvalue weighted by molar-refractivity contribution is -0.130. The molecule has 11 heavy (non-hydrogen) atoms. The zero-order valence-corrected chi connectivity index (χ0v) is 7.08. The van der Waals surface area contributed by atoms with E-state index in [0.717, 1.165) is 5.92 Å². The molecule has 0 aliphatic heterocycles. The van der Waals surface area contributed by atoms with Gasteiger partial charge in [-0.25, -0.2) is 0 Å². The number of ether oxygens (including phenoxy) is 1. The molecule has 0 amide bonds. The van der Waals surface area contributed by atoms with E-state index in [4.69, 9.17) is 4.74 Å². The number of hydrogen-bond donors (Lipinski definition) is 0. The lowest BCUT2D eigenvalue weighted by atomic mass is 9.81. The fourth-order valence-corrected chi connectivity index (χ4v) is 1.80. The van der Waals surface area contributed by atoms with Crippen LogP contribution >= 0.6 is 0 Å². The molecule has 2 atom stereocenters. The first kappa shape index (κ1) is 8.57. The summed E-state index contributed by atoms with van der Waals surface area (Å²) < 4.78 is 4.76. The van der Waals surface area contributed by atoms with E-state index in [0.29, 0.717) is 19.0 Å². The van der Waals surface area contributed by atoms with Crippen LogP contribution in [0.4, 0.5) is 0 Å². The van der Waals surface area contributed by atoms with Gasteiger partial charge in [-0.2, -0.15) is 0 Å². The van der Waals surface area contributed by atoms with Gasteiger partial charge >= 0.3 is 0 Å². The van der Waals surface area contributed by atoms with Crippen molar-refractivity contribution in [3.05, 3.63) is 0 Å². The molecule has 0 aromatic carbocycles. The Morgan fingerprint density at radius 3 is 2.82 bits per heavy atom. The highest BCUT2D eigenvalue weighted by Gasteiger charge is 2.21. The third-order valence-corrected chi connectivity index (χ3v) is 2.67. The fraction of sp³-hybridized carbons (Fsp3) is 0.889. The molecular formula is C9H16O2. The minimum Gasteiger partial charge on any atom is -0.468 e. The van der Waals surface area contributed by atoms with E-state index in [-0.39, 0.29) is 0 Å². The van der Waals surface area contributed by atoms with Gasteiger partial charge in [-0.1, -0.05) is 26.2 Å². The minimum absolute atomic E-state index is 0.557. The van der Waals surface area contributed by atoms with E-state index in [1.165, 1.54) is 25.7 Å². The van der Waals surface area contributed by atoms with E-state index in [1.54, 1.807) is 0 Å². The van der Waals surface area contributed by atoms with Gasteiger partial charge in [-0.15, -0.1) is 0 Å². The molecule has 1 rings (SSSR count). The second-order valence-electron chi connectivity index (χ2n) is 3.45. The molecule has 0 aromatic heterocycles. The van der Waals surface area contributed by atoms with E-state index >= 15 is 0 Å². The topological polar surface area (TPSA) is 26.3 Å². The first-order valence-electron chi connectivity index (χ1n) is 4.40. The van der Waals surface area contributed by atoms with Crippen LogP contribution in [-0.2, 0) is 9.53 Å². The van der Waals surface area contributed by atoms with E-state index in [2.05, 4.69) is 6.92 Å². The van der Waals surface area contributed by atoms with Gasteiger partial charge in [-0.3, -0.25) is 4.79 Å². The van der Waals surface area contributed by atoms with Crippen LogP contribution in [0.5, 0.6) is 0 Å². The molecule has 1 aliphatic rings. The van der Waals surface area contributed by atoms with Crippen LogP contribution in [0.1, 0.15) is 32.6 Å². The third-order valence-electron chi connectivity index (χ3n) is 2.67. The molecule has 1 fully saturated rings. The van der Waals surface area contributed by atoms with Crippen molar-refractivity contribution in [1.82, 2.24) is 0 Å². The van der Waals surface area contributed by atoms with Crippen LogP contribution in [-0.4, -0.2) is 13.1 Å². The molecule has 1 saturated carbocycles. The summed E-state index contributed by atoms with van der Waals surface area (Å²) in [6.45, 7) is 3.43. The largest absolute Gasteiger partial charge is 0.468 e. The summed E-state index contributed by atoms with van der Waals surface area (Å²) in [4.78, 5) is 9.93. The van der Waals surface area contributed by atoms with Crippen LogP contribution in [0.3, 0.4) is 0 Å². The predicted octanol–water partition coefficient (Wildman–Crippen LogP) is 1.99. The highest BCUT2D eigenvalue weighted by Crippen LogP contribution is 2.29. The molecule has 0 N–H and O–H groups in total. The van der Waals surface area contributed by atoms with Crippen molar-refractivity contribution in [1.29, 1.82) is 0 Å². The molecule has 1 aliphatic carbocycles. The molecule has 0 saturated heterocycles. The second kappa shape index (κ2) is 4.37. The van der Waals surface area contributed by atoms with Crippen LogP contribution in [0.15, 0.2) is 0 Å². The van der Waals surface area contributed by atoms with Crippen LogP contribution in [0, 0.1) is 11.8 Å². The maximum atomic E-state index is 9.93. The van der Waals surface area contributed by atoms with Crippen LogP contribution in [0.2, 0.25) is 0 Å². The monoisotopic (exact) mass is 156 g/mol. The summed E-state index contributed by atoms with van der Waals surface area (Å²) in [6.07, 6.45) is 5.18. The summed E-state index contributed by atoms with van der Waals surface area (Å²) in [5.74, 6) is 1.36. The zero-order valence-electron chi connectivity index (χ0n) is 7.08. The van der Waals surface area contributed by atoms with E-state index in [1.807, 2.05) is 0 Å². The highest BCUT2D eigenvalue weighted by molar-refractivity contribution is 5.36. The summed E-state index contributed by atoms with van der Waals surface area (Å²) >= 11 is 0. The van der Waals surface area contributed by atoms with Crippen molar-refractivity contribution in [3.63, 3.8) is 0 Å². The number of rotatable bonds is 3. The minimum atomic E-state index is 0.557. The summed E-state index contributed by atoms with van der Waals surface area (Å²) in [6, 6.07) is 0. The van der Waals surface area contributed by atoms with Gasteiger partial charge in [0.05, 0.1) is 6.61 Å². The summed E-state index contributed by atoms with van der Waals surface area (Å²) in [7, 11) is 0. The number of hydrogen-bond acceptors (Lipinski definition) is 2. The zero-order chi connectivity index (χ0) is 8.10. The molecule has 2 heteroatoms. The molecule has 0 radical (unpaired) electrons. The van der Waals surface area contributed by atoms with Gasteiger partial charge in [0.15, 0.2) is 0 Å². The Kier molecular flexibility index (Phi) is 3.40. The standard InChI is InChI=1S/C9H16O2/c1-8-4-2-3-5-9(8)6-11-7-10/h7-9H,2-6H2,1H3. The average molecular weight is 156 g/mol. The van der Waals surface area contributed by atoms with Gasteiger partial charge in [0.2, 0.25) is 0 Å². The molecular weight excluding hydrogens is 140 g/mol. The van der Waals surface area contributed by atoms with E-state index < -0.39 is 0 Å². The number of carbonyl (C=O) groups excluding carboxylic acids is 1. The lowest BCUT2D eigenvalue weighted by Gasteiger charge is -2.27. The van der Waals surface area contributed by atoms with Gasteiger partial charge in [-0.05, 0) is 18.3 Å². The van der Waals surface area contributed by atoms with Crippen LogP contribution in [0.25, 0.3) is 0 Å². The lowest BCUT2D eigenvalue weighted by Crippen LogP contribution is -2.21. The molecule has 0 spiro atoms. The normalized spacial score (nSPS) is 31.4. The Morgan fingerprint density at radius 2 is 2.18 bits per heavy atom. The Bertz CT molecular complexity index is 123. The summed E-state index contributed by atoms with van der Waals surface area (Å²) in [5.41, 5.74) is 0. The second-order valence-corrected chi connectivity index (χ2v) is 3.45. The van der Waals surface area contributed by atoms with Crippen molar-refractivity contribution < 1.29 is 9.53 Å². The summed E-state index contributed by atoms with van der Waals surface area (Å²) in [5, 5.41) is 0. The molecule has 0 bridgehead atoms. The maximum absolute atomic E-state index is 9.93. The highest BCUT2D eigenvalue weighted by atomic mass is 16.5. The predicted molar refractivity (Wildman–Crippen MR) is 43.1 cm³/mol. The van der Waals surface area contributed by atoms with E-state index in [9.17, 15) is 4.79 Å². The Morgan fingerprint density at radius 1 is 1.45 bits per heavy atom. The molecule has 64 valence electrons. The van der Waals surface area contributed by atoms with Crippen molar-refractivity contribution in [2.75, 3.05) is 6.61 Å². The Balaban J connectivity index is 2.23. The average Bonchev–Trinajstić information content (AvgIpc) is 2.03. The van der Waals surface area contributed by atoms with Crippen molar-refractivity contribution in [3.8, 4) is 0 Å². The molecule has 2 unspecified atom stereocenters. The van der Waals surface area contributed by atoms with Crippen molar-refractivity contribution in [2.45, 2.75) is 32.6 Å². The molecule has 0 heterocycles. The Hall–Kier alpha value is -0.530. The van der Waals surface area contributed by atoms with Crippen molar-refractivity contribution >= 4 is 6.47 Å². The van der Waals surface area contributed by atoms with Crippen molar-refractivity contribution in [2.24, 2.45) is 11.8 Å². The van der Waals surface area contributed by atoms with Gasteiger partial charge < -0.3 is 4.74 Å². The van der Waals surface area contributed by atoms with Gasteiger partial charge in [0, 0.05) is 0 Å². The van der Waals surface area contributed by atoms with Crippen LogP contribution < -0.4 is 0 Å². The van der Waals surface area contributed by atoms with Gasteiger partial charge in [0.1, 0.15) is 0 Å².